The van der Waals surface area contributed by atoms with Crippen LogP contribution in [0.15, 0.2) is 47.8 Å². The lowest BCUT2D eigenvalue weighted by Crippen LogP contribution is -2.22. The van der Waals surface area contributed by atoms with Crippen LogP contribution in [0.3, 0.4) is 0 Å². The first-order valence-corrected chi connectivity index (χ1v) is 10.4. The number of benzene rings is 2. The van der Waals surface area contributed by atoms with E-state index in [9.17, 15) is 9.59 Å². The summed E-state index contributed by atoms with van der Waals surface area (Å²) in [6, 6.07) is 13.0. The number of carbonyl (C=O) groups is 2. The molecule has 0 aliphatic carbocycles. The first-order chi connectivity index (χ1) is 13.9. The maximum Gasteiger partial charge on any atom is 0.230 e. The van der Waals surface area contributed by atoms with E-state index in [4.69, 9.17) is 4.74 Å². The van der Waals surface area contributed by atoms with Crippen LogP contribution in [0.25, 0.3) is 0 Å². The van der Waals surface area contributed by atoms with Crippen molar-refractivity contribution >= 4 is 33.8 Å². The molecule has 0 atom stereocenters. The molecule has 1 heterocycles. The van der Waals surface area contributed by atoms with E-state index < -0.39 is 0 Å². The third kappa shape index (κ3) is 4.90. The highest BCUT2D eigenvalue weighted by Gasteiger charge is 2.18. The highest BCUT2D eigenvalue weighted by molar-refractivity contribution is 7.14. The van der Waals surface area contributed by atoms with Gasteiger partial charge in [-0.3, -0.25) is 14.5 Å². The van der Waals surface area contributed by atoms with Gasteiger partial charge in [-0.15, -0.1) is 11.3 Å². The standard InChI is InChI=1S/C23H24N2O3S/c1-5-22(27)18-7-10-21(11-8-18)28-13-19-14-29-23(24-19)25(17(4)26)20-9-6-15(2)16(3)12-20/h6-12,14H,5,13H2,1-4H3. The van der Waals surface area contributed by atoms with Gasteiger partial charge in [0, 0.05) is 24.3 Å². The van der Waals surface area contributed by atoms with E-state index in [-0.39, 0.29) is 18.3 Å². The van der Waals surface area contributed by atoms with Crippen molar-refractivity contribution in [2.75, 3.05) is 4.90 Å². The molecule has 2 aromatic carbocycles. The Labute approximate surface area is 175 Å². The average Bonchev–Trinajstić information content (AvgIpc) is 3.17. The topological polar surface area (TPSA) is 59.5 Å². The molecule has 0 unspecified atom stereocenters. The van der Waals surface area contributed by atoms with Gasteiger partial charge in [-0.05, 0) is 61.4 Å². The molecule has 0 bridgehead atoms. The number of Topliss-reactive ketones (excluding diaryl/α,β-unsaturated/α-hetero) is 1. The second-order valence-electron chi connectivity index (χ2n) is 6.83. The van der Waals surface area contributed by atoms with Crippen molar-refractivity contribution in [1.29, 1.82) is 0 Å². The zero-order valence-electron chi connectivity index (χ0n) is 17.1. The summed E-state index contributed by atoms with van der Waals surface area (Å²) in [7, 11) is 0. The van der Waals surface area contributed by atoms with Crippen LogP contribution in [-0.4, -0.2) is 16.7 Å². The van der Waals surface area contributed by atoms with Crippen molar-refractivity contribution in [3.05, 3.63) is 70.2 Å². The summed E-state index contributed by atoms with van der Waals surface area (Å²) in [6.07, 6.45) is 0.481. The summed E-state index contributed by atoms with van der Waals surface area (Å²) < 4.78 is 5.78. The summed E-state index contributed by atoms with van der Waals surface area (Å²) in [5.74, 6) is 0.687. The van der Waals surface area contributed by atoms with E-state index in [0.717, 1.165) is 16.9 Å². The Morgan fingerprint density at radius 1 is 1.07 bits per heavy atom. The monoisotopic (exact) mass is 408 g/mol. The predicted molar refractivity (Wildman–Crippen MR) is 116 cm³/mol. The third-order valence-corrected chi connectivity index (χ3v) is 5.55. The number of amides is 1. The number of nitrogens with zero attached hydrogens (tertiary/aromatic N) is 2. The zero-order chi connectivity index (χ0) is 21.0. The Kier molecular flexibility index (Phi) is 6.44. The summed E-state index contributed by atoms with van der Waals surface area (Å²) in [5, 5.41) is 2.50. The van der Waals surface area contributed by atoms with Gasteiger partial charge in [0.25, 0.3) is 0 Å². The molecular weight excluding hydrogens is 384 g/mol. The SMILES string of the molecule is CCC(=O)c1ccc(OCc2csc(N(C(C)=O)c3ccc(C)c(C)c3)n2)cc1. The number of anilines is 2. The summed E-state index contributed by atoms with van der Waals surface area (Å²) in [5.41, 5.74) is 4.53. The van der Waals surface area contributed by atoms with Crippen molar-refractivity contribution in [3.63, 3.8) is 0 Å². The summed E-state index contributed by atoms with van der Waals surface area (Å²) in [6.45, 7) is 7.73. The van der Waals surface area contributed by atoms with Crippen LogP contribution in [0, 0.1) is 13.8 Å². The van der Waals surface area contributed by atoms with Gasteiger partial charge in [-0.1, -0.05) is 13.0 Å². The van der Waals surface area contributed by atoms with Gasteiger partial charge in [-0.2, -0.15) is 0 Å². The Balaban J connectivity index is 1.72. The van der Waals surface area contributed by atoms with Crippen LogP contribution in [0.5, 0.6) is 5.75 Å². The minimum Gasteiger partial charge on any atom is -0.487 e. The number of carbonyl (C=O) groups excluding carboxylic acids is 2. The van der Waals surface area contributed by atoms with Gasteiger partial charge >= 0.3 is 0 Å². The first kappa shape index (κ1) is 20.7. The first-order valence-electron chi connectivity index (χ1n) is 9.47. The van der Waals surface area contributed by atoms with Crippen molar-refractivity contribution in [3.8, 4) is 5.75 Å². The van der Waals surface area contributed by atoms with Gasteiger partial charge in [0.2, 0.25) is 5.91 Å². The Morgan fingerprint density at radius 2 is 1.79 bits per heavy atom. The average molecular weight is 409 g/mol. The van der Waals surface area contributed by atoms with Gasteiger partial charge < -0.3 is 4.74 Å². The molecule has 3 rings (SSSR count). The molecule has 5 nitrogen and oxygen atoms in total. The largest absolute Gasteiger partial charge is 0.487 e. The predicted octanol–water partition coefficient (Wildman–Crippen LogP) is 5.62. The zero-order valence-corrected chi connectivity index (χ0v) is 17.9. The number of thiazole rings is 1. The van der Waals surface area contributed by atoms with Gasteiger partial charge in [-0.25, -0.2) is 4.98 Å². The molecule has 1 amide bonds. The van der Waals surface area contributed by atoms with Gasteiger partial charge in [0.15, 0.2) is 10.9 Å². The Hall–Kier alpha value is -2.99. The Morgan fingerprint density at radius 3 is 2.41 bits per heavy atom. The number of hydrogen-bond donors (Lipinski definition) is 0. The molecular formula is C23H24N2O3S. The number of rotatable bonds is 7. The Bertz CT molecular complexity index is 1020. The fourth-order valence-electron chi connectivity index (χ4n) is 2.86. The molecule has 0 fully saturated rings. The molecule has 0 aliphatic heterocycles. The van der Waals surface area contributed by atoms with Crippen molar-refractivity contribution < 1.29 is 14.3 Å². The van der Waals surface area contributed by atoms with Crippen LogP contribution in [0.2, 0.25) is 0 Å². The van der Waals surface area contributed by atoms with Crippen LogP contribution >= 0.6 is 11.3 Å². The molecule has 0 saturated heterocycles. The molecule has 0 saturated carbocycles. The van der Waals surface area contributed by atoms with Gasteiger partial charge in [0.05, 0.1) is 11.4 Å². The van der Waals surface area contributed by atoms with E-state index in [1.165, 1.54) is 23.8 Å². The summed E-state index contributed by atoms with van der Waals surface area (Å²) >= 11 is 1.40. The van der Waals surface area contributed by atoms with E-state index in [1.807, 2.05) is 44.4 Å². The number of aromatic nitrogens is 1. The maximum absolute atomic E-state index is 12.3. The highest BCUT2D eigenvalue weighted by atomic mass is 32.1. The quantitative estimate of drug-likeness (QED) is 0.476. The van der Waals surface area contributed by atoms with Crippen molar-refractivity contribution in [1.82, 2.24) is 4.98 Å². The van der Waals surface area contributed by atoms with E-state index in [1.54, 1.807) is 29.2 Å². The highest BCUT2D eigenvalue weighted by Crippen LogP contribution is 2.30. The maximum atomic E-state index is 12.3. The number of aryl methyl sites for hydroxylation is 2. The minimum atomic E-state index is -0.0914. The molecule has 0 aliphatic rings. The fraction of sp³-hybridized carbons (Fsp3) is 0.261. The summed E-state index contributed by atoms with van der Waals surface area (Å²) in [4.78, 5) is 30.2. The molecule has 3 aromatic rings. The number of hydrogen-bond acceptors (Lipinski definition) is 5. The third-order valence-electron chi connectivity index (χ3n) is 4.68. The number of ether oxygens (including phenoxy) is 1. The second kappa shape index (κ2) is 9.01. The lowest BCUT2D eigenvalue weighted by Gasteiger charge is -2.19. The van der Waals surface area contributed by atoms with E-state index >= 15 is 0 Å². The van der Waals surface area contributed by atoms with E-state index in [0.29, 0.717) is 22.9 Å². The van der Waals surface area contributed by atoms with Crippen molar-refractivity contribution in [2.24, 2.45) is 0 Å². The molecule has 6 heteroatoms. The molecule has 1 aromatic heterocycles. The minimum absolute atomic E-state index is 0.0914. The van der Waals surface area contributed by atoms with Crippen LogP contribution < -0.4 is 9.64 Å². The van der Waals surface area contributed by atoms with E-state index in [2.05, 4.69) is 4.98 Å². The number of ketones is 1. The van der Waals surface area contributed by atoms with Gasteiger partial charge in [0.1, 0.15) is 12.4 Å². The molecule has 0 N–H and O–H groups in total. The lowest BCUT2D eigenvalue weighted by atomic mass is 10.1. The fourth-order valence-corrected chi connectivity index (χ4v) is 3.73. The smallest absolute Gasteiger partial charge is 0.230 e. The van der Waals surface area contributed by atoms with Crippen LogP contribution in [-0.2, 0) is 11.4 Å². The molecule has 150 valence electrons. The second-order valence-corrected chi connectivity index (χ2v) is 7.67. The van der Waals surface area contributed by atoms with Crippen molar-refractivity contribution in [2.45, 2.75) is 40.7 Å². The van der Waals surface area contributed by atoms with Crippen LogP contribution in [0.1, 0.15) is 47.4 Å². The molecule has 0 spiro atoms. The lowest BCUT2D eigenvalue weighted by molar-refractivity contribution is -0.115. The normalized spacial score (nSPS) is 10.6. The van der Waals surface area contributed by atoms with Crippen LogP contribution in [0.4, 0.5) is 10.8 Å². The molecule has 29 heavy (non-hydrogen) atoms. The molecule has 0 radical (unpaired) electrons.